The van der Waals surface area contributed by atoms with Gasteiger partial charge in [0.15, 0.2) is 29.3 Å². The summed E-state index contributed by atoms with van der Waals surface area (Å²) in [6.45, 7) is 2.09. The van der Waals surface area contributed by atoms with Crippen LogP contribution in [-0.2, 0) is 23.7 Å². The van der Waals surface area contributed by atoms with Crippen LogP contribution in [0.5, 0.6) is 23.0 Å². The summed E-state index contributed by atoms with van der Waals surface area (Å²) in [6, 6.07) is 9.11. The van der Waals surface area contributed by atoms with Gasteiger partial charge in [-0.25, -0.2) is 0 Å². The molecule has 3 aromatic rings. The van der Waals surface area contributed by atoms with Gasteiger partial charge in [0, 0.05) is 24.6 Å². The lowest BCUT2D eigenvalue weighted by molar-refractivity contribution is -0.319. The molecule has 256 valence electrons. The lowest BCUT2D eigenvalue weighted by atomic mass is 9.98. The van der Waals surface area contributed by atoms with Crippen molar-refractivity contribution in [1.82, 2.24) is 0 Å². The largest absolute Gasteiger partial charge is 0.504 e. The Kier molecular flexibility index (Phi) is 10.2. The topological polar surface area (TPSA) is 233 Å². The SMILES string of the molecule is COc1ccc(-c2cc(=O)c3c(O)c(OC)c(O[C@@H]4OC(CO[C@@H]5OC(C)[C@H](OC(C)=O)[C@H](O)C5O)[C@@H](O)[C@H](O)C4O)cc3o2)cc1. The van der Waals surface area contributed by atoms with E-state index in [-0.39, 0.29) is 28.2 Å². The maximum Gasteiger partial charge on any atom is 0.303 e. The number of phenolic OH excluding ortho intramolecular Hbond substituents is 1. The first kappa shape index (κ1) is 34.3. The van der Waals surface area contributed by atoms with E-state index in [1.807, 2.05) is 0 Å². The Balaban J connectivity index is 1.37. The zero-order chi connectivity index (χ0) is 34.2. The Labute approximate surface area is 267 Å². The number of aliphatic hydroxyl groups excluding tert-OH is 5. The summed E-state index contributed by atoms with van der Waals surface area (Å²) in [6.07, 6.45) is -15.2. The van der Waals surface area contributed by atoms with Crippen molar-refractivity contribution in [3.63, 3.8) is 0 Å². The summed E-state index contributed by atoms with van der Waals surface area (Å²) in [5.74, 6) is -1.13. The molecule has 0 radical (unpaired) electrons. The smallest absolute Gasteiger partial charge is 0.303 e. The van der Waals surface area contributed by atoms with Gasteiger partial charge >= 0.3 is 5.97 Å². The Bertz CT molecular complexity index is 1620. The first-order chi connectivity index (χ1) is 22.3. The van der Waals surface area contributed by atoms with E-state index in [0.717, 1.165) is 6.92 Å². The third kappa shape index (κ3) is 6.86. The van der Waals surface area contributed by atoms with E-state index in [1.54, 1.807) is 24.3 Å². The van der Waals surface area contributed by atoms with Gasteiger partial charge in [0.05, 0.1) is 26.9 Å². The molecule has 0 aliphatic carbocycles. The normalized spacial score (nSPS) is 30.9. The van der Waals surface area contributed by atoms with Crippen molar-refractivity contribution >= 4 is 16.9 Å². The fourth-order valence-electron chi connectivity index (χ4n) is 5.41. The summed E-state index contributed by atoms with van der Waals surface area (Å²) >= 11 is 0. The first-order valence-electron chi connectivity index (χ1n) is 14.5. The van der Waals surface area contributed by atoms with E-state index in [9.17, 15) is 40.2 Å². The van der Waals surface area contributed by atoms with Gasteiger partial charge in [-0.1, -0.05) is 0 Å². The molecule has 0 saturated carbocycles. The van der Waals surface area contributed by atoms with Crippen molar-refractivity contribution in [3.8, 4) is 34.3 Å². The average Bonchev–Trinajstić information content (AvgIpc) is 3.04. The molecule has 2 fully saturated rings. The Morgan fingerprint density at radius 1 is 0.872 bits per heavy atom. The van der Waals surface area contributed by atoms with E-state index in [4.69, 9.17) is 37.6 Å². The number of carbonyl (C=O) groups is 1. The Morgan fingerprint density at radius 3 is 2.19 bits per heavy atom. The first-order valence-corrected chi connectivity index (χ1v) is 14.5. The minimum atomic E-state index is -1.83. The van der Waals surface area contributed by atoms with Crippen molar-refractivity contribution in [1.29, 1.82) is 0 Å². The molecule has 47 heavy (non-hydrogen) atoms. The van der Waals surface area contributed by atoms with E-state index in [0.29, 0.717) is 11.3 Å². The molecule has 5 rings (SSSR count). The quantitative estimate of drug-likeness (QED) is 0.162. The summed E-state index contributed by atoms with van der Waals surface area (Å²) in [5.41, 5.74) is -0.162. The minimum Gasteiger partial charge on any atom is -0.504 e. The van der Waals surface area contributed by atoms with Crippen LogP contribution in [0.25, 0.3) is 22.3 Å². The molecule has 2 aliphatic heterocycles. The standard InChI is InChI=1S/C31H36O16/c1-12-28(44-13(2)32)25(37)27(39)30(43-12)42-11-20-22(34)24(36)26(38)31(47-20)46-19-10-18-21(23(35)29(19)41-4)16(33)9-17(45-18)14-5-7-15(40-3)8-6-14/h5-10,12,20,22,24-28,30-31,34-39H,11H2,1-4H3/t12?,20?,22-,24+,25-,26?,27?,28+,30-,31-/m1/s1. The molecule has 2 aliphatic rings. The molecular weight excluding hydrogens is 628 g/mol. The summed E-state index contributed by atoms with van der Waals surface area (Å²) in [7, 11) is 2.71. The molecule has 3 heterocycles. The van der Waals surface area contributed by atoms with Crippen molar-refractivity contribution in [2.24, 2.45) is 0 Å². The second-order valence-electron chi connectivity index (χ2n) is 11.1. The summed E-state index contributed by atoms with van der Waals surface area (Å²) < 4.78 is 44.0. The predicted molar refractivity (Wildman–Crippen MR) is 158 cm³/mol. The van der Waals surface area contributed by atoms with E-state index < -0.39 is 85.2 Å². The van der Waals surface area contributed by atoms with Crippen LogP contribution in [0, 0.1) is 0 Å². The maximum absolute atomic E-state index is 13.0. The summed E-state index contributed by atoms with van der Waals surface area (Å²) in [4.78, 5) is 24.4. The number of esters is 1. The van der Waals surface area contributed by atoms with Crippen LogP contribution in [0.1, 0.15) is 13.8 Å². The third-order valence-electron chi connectivity index (χ3n) is 7.91. The highest BCUT2D eigenvalue weighted by atomic mass is 16.7. The van der Waals surface area contributed by atoms with Gasteiger partial charge in [-0.2, -0.15) is 0 Å². The molecular formula is C31H36O16. The van der Waals surface area contributed by atoms with Gasteiger partial charge < -0.3 is 68.2 Å². The molecule has 4 unspecified atom stereocenters. The monoisotopic (exact) mass is 664 g/mol. The lowest BCUT2D eigenvalue weighted by Gasteiger charge is -2.43. The molecule has 2 aromatic carbocycles. The average molecular weight is 665 g/mol. The predicted octanol–water partition coefficient (Wildman–Crippen LogP) is -0.216. The zero-order valence-corrected chi connectivity index (χ0v) is 25.7. The van der Waals surface area contributed by atoms with Crippen LogP contribution in [0.3, 0.4) is 0 Å². The number of methoxy groups -OCH3 is 2. The molecule has 0 amide bonds. The Hall–Kier alpha value is -4.00. The fourth-order valence-corrected chi connectivity index (χ4v) is 5.41. The minimum absolute atomic E-state index is 0.106. The molecule has 16 heteroatoms. The zero-order valence-electron chi connectivity index (χ0n) is 25.7. The van der Waals surface area contributed by atoms with Gasteiger partial charge in [-0.05, 0) is 31.2 Å². The number of aromatic hydroxyl groups is 1. The van der Waals surface area contributed by atoms with Crippen molar-refractivity contribution in [3.05, 3.63) is 46.6 Å². The molecule has 0 spiro atoms. The van der Waals surface area contributed by atoms with E-state index in [2.05, 4.69) is 0 Å². The number of rotatable bonds is 9. The van der Waals surface area contributed by atoms with Crippen LogP contribution in [0.2, 0.25) is 0 Å². The number of ether oxygens (including phenoxy) is 7. The lowest BCUT2D eigenvalue weighted by Crippen LogP contribution is -2.62. The molecule has 2 saturated heterocycles. The van der Waals surface area contributed by atoms with Crippen LogP contribution in [-0.4, -0.2) is 119 Å². The number of carbonyl (C=O) groups excluding carboxylic acids is 1. The van der Waals surface area contributed by atoms with Crippen LogP contribution in [0.15, 0.2) is 45.6 Å². The van der Waals surface area contributed by atoms with Crippen molar-refractivity contribution in [2.45, 2.75) is 75.3 Å². The molecule has 0 bridgehead atoms. The number of hydrogen-bond acceptors (Lipinski definition) is 16. The fraction of sp³-hybridized carbons (Fsp3) is 0.484. The highest BCUT2D eigenvalue weighted by Crippen LogP contribution is 2.43. The molecule has 1 aromatic heterocycles. The number of benzene rings is 2. The van der Waals surface area contributed by atoms with E-state index in [1.165, 1.54) is 33.3 Å². The number of aliphatic hydroxyl groups is 5. The number of hydrogen-bond donors (Lipinski definition) is 6. The molecule has 16 nitrogen and oxygen atoms in total. The van der Waals surface area contributed by atoms with Gasteiger partial charge in [-0.15, -0.1) is 0 Å². The van der Waals surface area contributed by atoms with Crippen LogP contribution >= 0.6 is 0 Å². The third-order valence-corrected chi connectivity index (χ3v) is 7.91. The number of phenols is 1. The van der Waals surface area contributed by atoms with Crippen LogP contribution < -0.4 is 19.6 Å². The highest BCUT2D eigenvalue weighted by molar-refractivity contribution is 5.89. The van der Waals surface area contributed by atoms with Gasteiger partial charge in [0.1, 0.15) is 59.1 Å². The molecule has 10 atom stereocenters. The second-order valence-corrected chi connectivity index (χ2v) is 11.1. The number of fused-ring (bicyclic) bond motifs is 1. The van der Waals surface area contributed by atoms with E-state index >= 15 is 0 Å². The highest BCUT2D eigenvalue weighted by Gasteiger charge is 2.48. The van der Waals surface area contributed by atoms with Crippen molar-refractivity contribution < 1.29 is 73.0 Å². The van der Waals surface area contributed by atoms with Gasteiger partial charge in [-0.3, -0.25) is 9.59 Å². The van der Waals surface area contributed by atoms with Crippen LogP contribution in [0.4, 0.5) is 0 Å². The van der Waals surface area contributed by atoms with Gasteiger partial charge in [0.25, 0.3) is 0 Å². The second kappa shape index (κ2) is 14.0. The molecule has 6 N–H and O–H groups in total. The van der Waals surface area contributed by atoms with Crippen molar-refractivity contribution in [2.75, 3.05) is 20.8 Å². The maximum atomic E-state index is 13.0. The Morgan fingerprint density at radius 2 is 1.55 bits per heavy atom. The summed E-state index contributed by atoms with van der Waals surface area (Å²) in [5, 5.41) is 63.6. The van der Waals surface area contributed by atoms with Gasteiger partial charge in [0.2, 0.25) is 12.0 Å².